The van der Waals surface area contributed by atoms with Gasteiger partial charge in [0, 0.05) is 7.05 Å². The van der Waals surface area contributed by atoms with E-state index >= 15 is 0 Å². The molecule has 0 saturated carbocycles. The molecule has 1 amide bonds. The second kappa shape index (κ2) is 7.31. The Labute approximate surface area is 128 Å². The van der Waals surface area contributed by atoms with Crippen molar-refractivity contribution < 1.29 is 23.5 Å². The molecule has 22 heavy (non-hydrogen) atoms. The number of carbonyl (C=O) groups excluding carboxylic acids is 2. The molecule has 6 heteroatoms. The van der Waals surface area contributed by atoms with E-state index in [1.165, 1.54) is 20.0 Å². The maximum atomic E-state index is 11.8. The number of amides is 1. The van der Waals surface area contributed by atoms with Gasteiger partial charge in [0.05, 0.1) is 0 Å². The zero-order chi connectivity index (χ0) is 15.9. The van der Waals surface area contributed by atoms with E-state index in [1.54, 1.807) is 6.07 Å². The SMILES string of the molecule is CNC(=O)[C@H](C)OC(=O)c1ccc(COc2ccccc2)o1. The summed E-state index contributed by atoms with van der Waals surface area (Å²) in [4.78, 5) is 23.1. The van der Waals surface area contributed by atoms with Gasteiger partial charge in [-0.2, -0.15) is 0 Å². The second-order valence-corrected chi connectivity index (χ2v) is 4.53. The normalized spacial score (nSPS) is 11.5. The first-order valence-electron chi connectivity index (χ1n) is 6.79. The van der Waals surface area contributed by atoms with Crippen molar-refractivity contribution in [3.8, 4) is 5.75 Å². The van der Waals surface area contributed by atoms with Crippen LogP contribution in [0.15, 0.2) is 46.9 Å². The minimum Gasteiger partial charge on any atom is -0.486 e. The summed E-state index contributed by atoms with van der Waals surface area (Å²) in [7, 11) is 1.47. The van der Waals surface area contributed by atoms with Crippen LogP contribution in [-0.4, -0.2) is 25.0 Å². The van der Waals surface area contributed by atoms with Gasteiger partial charge in [-0.15, -0.1) is 0 Å². The quantitative estimate of drug-likeness (QED) is 0.827. The molecule has 1 N–H and O–H groups in total. The Morgan fingerprint density at radius 2 is 1.91 bits per heavy atom. The first kappa shape index (κ1) is 15.6. The summed E-state index contributed by atoms with van der Waals surface area (Å²) >= 11 is 0. The highest BCUT2D eigenvalue weighted by atomic mass is 16.6. The molecule has 2 rings (SSSR count). The van der Waals surface area contributed by atoms with Crippen LogP contribution in [0.1, 0.15) is 23.2 Å². The Bertz CT molecular complexity index is 635. The Balaban J connectivity index is 1.90. The molecule has 2 aromatic rings. The smallest absolute Gasteiger partial charge is 0.375 e. The highest BCUT2D eigenvalue weighted by molar-refractivity contribution is 5.89. The van der Waals surface area contributed by atoms with E-state index in [0.29, 0.717) is 11.5 Å². The fourth-order valence-corrected chi connectivity index (χ4v) is 1.71. The van der Waals surface area contributed by atoms with Gasteiger partial charge in [-0.3, -0.25) is 4.79 Å². The van der Waals surface area contributed by atoms with Crippen LogP contribution < -0.4 is 10.1 Å². The van der Waals surface area contributed by atoms with Crippen molar-refractivity contribution in [1.29, 1.82) is 0 Å². The third-order valence-electron chi connectivity index (χ3n) is 2.89. The van der Waals surface area contributed by atoms with Crippen LogP contribution in [0.2, 0.25) is 0 Å². The average molecular weight is 303 g/mol. The summed E-state index contributed by atoms with van der Waals surface area (Å²) < 4.78 is 15.8. The molecular formula is C16H17NO5. The number of hydrogen-bond acceptors (Lipinski definition) is 5. The van der Waals surface area contributed by atoms with E-state index in [0.717, 1.165) is 0 Å². The topological polar surface area (TPSA) is 77.8 Å². The molecule has 0 radical (unpaired) electrons. The van der Waals surface area contributed by atoms with E-state index in [-0.39, 0.29) is 18.3 Å². The number of furan rings is 1. The van der Waals surface area contributed by atoms with Crippen molar-refractivity contribution >= 4 is 11.9 Å². The standard InChI is InChI=1S/C16H17NO5/c1-11(15(18)17-2)21-16(19)14-9-8-13(22-14)10-20-12-6-4-3-5-7-12/h3-9,11H,10H2,1-2H3,(H,17,18)/t11-/m0/s1. The van der Waals surface area contributed by atoms with Crippen LogP contribution in [0, 0.1) is 0 Å². The molecule has 1 heterocycles. The minimum atomic E-state index is -0.883. The third kappa shape index (κ3) is 4.12. The maximum Gasteiger partial charge on any atom is 0.375 e. The van der Waals surface area contributed by atoms with E-state index in [4.69, 9.17) is 13.9 Å². The molecular weight excluding hydrogens is 286 g/mol. The van der Waals surface area contributed by atoms with Crippen LogP contribution in [0.3, 0.4) is 0 Å². The maximum absolute atomic E-state index is 11.8. The molecule has 0 aliphatic rings. The van der Waals surface area contributed by atoms with Gasteiger partial charge < -0.3 is 19.2 Å². The van der Waals surface area contributed by atoms with Crippen molar-refractivity contribution in [3.63, 3.8) is 0 Å². The lowest BCUT2D eigenvalue weighted by Crippen LogP contribution is -2.33. The lowest BCUT2D eigenvalue weighted by atomic mass is 10.3. The number of rotatable bonds is 6. The molecule has 0 aliphatic carbocycles. The number of hydrogen-bond donors (Lipinski definition) is 1. The molecule has 0 aliphatic heterocycles. The number of nitrogens with one attached hydrogen (secondary N) is 1. The Morgan fingerprint density at radius 3 is 2.59 bits per heavy atom. The van der Waals surface area contributed by atoms with Gasteiger partial charge in [-0.1, -0.05) is 18.2 Å². The summed E-state index contributed by atoms with van der Waals surface area (Å²) in [6.07, 6.45) is -0.883. The van der Waals surface area contributed by atoms with Gasteiger partial charge in [0.15, 0.2) is 6.10 Å². The molecule has 0 bridgehead atoms. The lowest BCUT2D eigenvalue weighted by Gasteiger charge is -2.10. The fraction of sp³-hybridized carbons (Fsp3) is 0.250. The molecule has 0 spiro atoms. The molecule has 116 valence electrons. The molecule has 6 nitrogen and oxygen atoms in total. The molecule has 0 fully saturated rings. The summed E-state index contributed by atoms with van der Waals surface area (Å²) in [5.41, 5.74) is 0. The number of para-hydroxylation sites is 1. The first-order valence-corrected chi connectivity index (χ1v) is 6.79. The van der Waals surface area contributed by atoms with E-state index in [2.05, 4.69) is 5.32 Å². The van der Waals surface area contributed by atoms with E-state index in [1.807, 2.05) is 30.3 Å². The van der Waals surface area contributed by atoms with Gasteiger partial charge in [0.25, 0.3) is 5.91 Å². The van der Waals surface area contributed by atoms with Gasteiger partial charge in [0.1, 0.15) is 18.1 Å². The average Bonchev–Trinajstić information content (AvgIpc) is 3.02. The number of esters is 1. The Morgan fingerprint density at radius 1 is 1.18 bits per heavy atom. The van der Waals surface area contributed by atoms with E-state index < -0.39 is 12.1 Å². The van der Waals surface area contributed by atoms with Gasteiger partial charge in [-0.25, -0.2) is 4.79 Å². The van der Waals surface area contributed by atoms with E-state index in [9.17, 15) is 9.59 Å². The van der Waals surface area contributed by atoms with Crippen LogP contribution in [0.25, 0.3) is 0 Å². The summed E-state index contributed by atoms with van der Waals surface area (Å²) in [6, 6.07) is 12.4. The highest BCUT2D eigenvalue weighted by Crippen LogP contribution is 2.15. The summed E-state index contributed by atoms with van der Waals surface area (Å²) in [5.74, 6) is 0.150. The molecule has 0 saturated heterocycles. The van der Waals surface area contributed by atoms with Gasteiger partial charge in [-0.05, 0) is 31.2 Å². The summed E-state index contributed by atoms with van der Waals surface area (Å²) in [6.45, 7) is 1.68. The van der Waals surface area contributed by atoms with Crippen LogP contribution in [0.4, 0.5) is 0 Å². The number of carbonyl (C=O) groups is 2. The number of likely N-dealkylation sites (N-methyl/N-ethyl adjacent to an activating group) is 1. The predicted molar refractivity (Wildman–Crippen MR) is 78.4 cm³/mol. The number of ether oxygens (including phenoxy) is 2. The monoisotopic (exact) mass is 303 g/mol. The fourth-order valence-electron chi connectivity index (χ4n) is 1.71. The van der Waals surface area contributed by atoms with Crippen LogP contribution in [0.5, 0.6) is 5.75 Å². The van der Waals surface area contributed by atoms with Crippen molar-refractivity contribution in [2.75, 3.05) is 7.05 Å². The lowest BCUT2D eigenvalue weighted by molar-refractivity contribution is -0.128. The molecule has 1 aromatic carbocycles. The van der Waals surface area contributed by atoms with Gasteiger partial charge >= 0.3 is 5.97 Å². The number of benzene rings is 1. The Kier molecular flexibility index (Phi) is 5.19. The molecule has 0 unspecified atom stereocenters. The van der Waals surface area contributed by atoms with Crippen LogP contribution in [-0.2, 0) is 16.1 Å². The predicted octanol–water partition coefficient (Wildman–Crippen LogP) is 2.15. The zero-order valence-corrected chi connectivity index (χ0v) is 12.4. The second-order valence-electron chi connectivity index (χ2n) is 4.53. The largest absolute Gasteiger partial charge is 0.486 e. The summed E-state index contributed by atoms with van der Waals surface area (Å²) in [5, 5.41) is 2.40. The molecule has 1 aromatic heterocycles. The Hall–Kier alpha value is -2.76. The van der Waals surface area contributed by atoms with Crippen molar-refractivity contribution in [3.05, 3.63) is 54.0 Å². The van der Waals surface area contributed by atoms with Gasteiger partial charge in [0.2, 0.25) is 5.76 Å². The zero-order valence-electron chi connectivity index (χ0n) is 12.4. The minimum absolute atomic E-state index is 0.0300. The van der Waals surface area contributed by atoms with Crippen molar-refractivity contribution in [2.45, 2.75) is 19.6 Å². The van der Waals surface area contributed by atoms with Crippen molar-refractivity contribution in [1.82, 2.24) is 5.32 Å². The van der Waals surface area contributed by atoms with Crippen molar-refractivity contribution in [2.24, 2.45) is 0 Å². The highest BCUT2D eigenvalue weighted by Gasteiger charge is 2.20. The molecule has 1 atom stereocenters. The first-order chi connectivity index (χ1) is 10.6. The third-order valence-corrected chi connectivity index (χ3v) is 2.89. The van der Waals surface area contributed by atoms with Crippen LogP contribution >= 0.6 is 0 Å².